The molecule has 0 atom stereocenters. The maximum Gasteiger partial charge on any atom is 0.306 e. The van der Waals surface area contributed by atoms with E-state index in [-0.39, 0.29) is 5.56 Å². The Kier molecular flexibility index (Phi) is 4.94. The number of benzene rings is 2. The van der Waals surface area contributed by atoms with Crippen molar-refractivity contribution in [2.45, 2.75) is 26.2 Å². The van der Waals surface area contributed by atoms with Gasteiger partial charge in [-0.1, -0.05) is 56.3 Å². The van der Waals surface area contributed by atoms with Crippen molar-refractivity contribution in [3.63, 3.8) is 0 Å². The van der Waals surface area contributed by atoms with Crippen molar-refractivity contribution in [3.05, 3.63) is 65.7 Å². The first kappa shape index (κ1) is 15.5. The maximum atomic E-state index is 14.0. The van der Waals surface area contributed by atoms with Crippen molar-refractivity contribution in [1.82, 2.24) is 0 Å². The largest absolute Gasteiger partial charge is 0.487 e. The van der Waals surface area contributed by atoms with Gasteiger partial charge in [-0.25, -0.2) is 0 Å². The summed E-state index contributed by atoms with van der Waals surface area (Å²) in [4.78, 5) is 0. The van der Waals surface area contributed by atoms with Crippen LogP contribution in [-0.2, 0) is 12.3 Å². The second kappa shape index (κ2) is 6.70. The van der Waals surface area contributed by atoms with Gasteiger partial charge in [0.1, 0.15) is 5.75 Å². The van der Waals surface area contributed by atoms with Gasteiger partial charge in [-0.3, -0.25) is 0 Å². The molecule has 0 spiro atoms. The Morgan fingerprint density at radius 1 is 0.952 bits per heavy atom. The summed E-state index contributed by atoms with van der Waals surface area (Å²) in [5, 5.41) is 0. The lowest BCUT2D eigenvalue weighted by molar-refractivity contribution is -0.0467. The SMILES string of the molecule is CC(C)Cc1ccc(OCC(F)(F)c2ccccc2)cc1. The molecular formula is C18H20F2O. The molecule has 112 valence electrons. The Balaban J connectivity index is 1.96. The summed E-state index contributed by atoms with van der Waals surface area (Å²) in [6.45, 7) is 3.64. The fourth-order valence-corrected chi connectivity index (χ4v) is 2.13. The van der Waals surface area contributed by atoms with E-state index in [1.165, 1.54) is 17.7 Å². The van der Waals surface area contributed by atoms with Crippen LogP contribution >= 0.6 is 0 Å². The van der Waals surface area contributed by atoms with Crippen LogP contribution in [0.1, 0.15) is 25.0 Å². The van der Waals surface area contributed by atoms with Crippen LogP contribution in [0.3, 0.4) is 0 Å². The van der Waals surface area contributed by atoms with Gasteiger partial charge in [0.2, 0.25) is 0 Å². The molecule has 0 aliphatic heterocycles. The van der Waals surface area contributed by atoms with E-state index in [1.807, 2.05) is 12.1 Å². The lowest BCUT2D eigenvalue weighted by Crippen LogP contribution is -2.23. The highest BCUT2D eigenvalue weighted by Crippen LogP contribution is 2.28. The van der Waals surface area contributed by atoms with Crippen LogP contribution in [0.2, 0.25) is 0 Å². The van der Waals surface area contributed by atoms with Crippen LogP contribution in [0, 0.1) is 5.92 Å². The quantitative estimate of drug-likeness (QED) is 0.723. The van der Waals surface area contributed by atoms with Gasteiger partial charge < -0.3 is 4.74 Å². The molecule has 0 bridgehead atoms. The molecule has 0 saturated heterocycles. The first-order chi connectivity index (χ1) is 9.97. The molecule has 0 amide bonds. The normalized spacial score (nSPS) is 11.7. The predicted octanol–water partition coefficient (Wildman–Crippen LogP) is 5.06. The van der Waals surface area contributed by atoms with Crippen LogP contribution in [0.4, 0.5) is 8.78 Å². The first-order valence-corrected chi connectivity index (χ1v) is 7.12. The summed E-state index contributed by atoms with van der Waals surface area (Å²) in [5.41, 5.74) is 1.16. The molecule has 2 aromatic rings. The lowest BCUT2D eigenvalue weighted by atomic mass is 10.0. The van der Waals surface area contributed by atoms with Crippen LogP contribution in [0.5, 0.6) is 5.75 Å². The number of hydrogen-bond donors (Lipinski definition) is 0. The summed E-state index contributed by atoms with van der Waals surface area (Å²) in [6.07, 6.45) is 0.973. The molecule has 0 aliphatic rings. The topological polar surface area (TPSA) is 9.23 Å². The summed E-state index contributed by atoms with van der Waals surface area (Å²) in [5.74, 6) is -1.95. The van der Waals surface area contributed by atoms with E-state index in [0.29, 0.717) is 11.7 Å². The highest BCUT2D eigenvalue weighted by molar-refractivity contribution is 5.28. The number of rotatable bonds is 6. The molecule has 0 heterocycles. The Labute approximate surface area is 124 Å². The molecule has 1 nitrogen and oxygen atoms in total. The molecule has 3 heteroatoms. The van der Waals surface area contributed by atoms with Gasteiger partial charge in [-0.15, -0.1) is 0 Å². The van der Waals surface area contributed by atoms with Gasteiger partial charge in [0.15, 0.2) is 6.61 Å². The molecule has 0 radical (unpaired) electrons. The smallest absolute Gasteiger partial charge is 0.306 e. The van der Waals surface area contributed by atoms with Crippen LogP contribution < -0.4 is 4.74 Å². The summed E-state index contributed by atoms with van der Waals surface area (Å²) in [6, 6.07) is 15.1. The fourth-order valence-electron chi connectivity index (χ4n) is 2.13. The number of alkyl halides is 2. The van der Waals surface area contributed by atoms with E-state index in [9.17, 15) is 8.78 Å². The van der Waals surface area contributed by atoms with Crippen LogP contribution in [-0.4, -0.2) is 6.61 Å². The third-order valence-corrected chi connectivity index (χ3v) is 3.18. The number of halogens is 2. The molecular weight excluding hydrogens is 270 g/mol. The zero-order chi connectivity index (χ0) is 15.3. The number of ether oxygens (including phenoxy) is 1. The summed E-state index contributed by atoms with van der Waals surface area (Å²) >= 11 is 0. The summed E-state index contributed by atoms with van der Waals surface area (Å²) in [7, 11) is 0. The zero-order valence-corrected chi connectivity index (χ0v) is 12.4. The van der Waals surface area contributed by atoms with E-state index in [2.05, 4.69) is 13.8 Å². The van der Waals surface area contributed by atoms with E-state index in [4.69, 9.17) is 4.74 Å². The van der Waals surface area contributed by atoms with Crippen molar-refractivity contribution in [2.75, 3.05) is 6.61 Å². The van der Waals surface area contributed by atoms with Gasteiger partial charge in [0.25, 0.3) is 0 Å². The first-order valence-electron chi connectivity index (χ1n) is 7.12. The Bertz CT molecular complexity index is 547. The minimum absolute atomic E-state index is 0.0265. The van der Waals surface area contributed by atoms with Crippen molar-refractivity contribution >= 4 is 0 Å². The van der Waals surface area contributed by atoms with Gasteiger partial charge >= 0.3 is 5.92 Å². The number of hydrogen-bond acceptors (Lipinski definition) is 1. The lowest BCUT2D eigenvalue weighted by Gasteiger charge is -2.17. The summed E-state index contributed by atoms with van der Waals surface area (Å²) < 4.78 is 33.2. The van der Waals surface area contributed by atoms with Crippen molar-refractivity contribution in [3.8, 4) is 5.75 Å². The predicted molar refractivity (Wildman–Crippen MR) is 80.8 cm³/mol. The molecule has 0 unspecified atom stereocenters. The van der Waals surface area contributed by atoms with E-state index < -0.39 is 12.5 Å². The van der Waals surface area contributed by atoms with E-state index in [0.717, 1.165) is 6.42 Å². The molecule has 0 aromatic heterocycles. The van der Waals surface area contributed by atoms with Gasteiger partial charge in [0.05, 0.1) is 0 Å². The average molecular weight is 290 g/mol. The highest BCUT2D eigenvalue weighted by Gasteiger charge is 2.32. The molecule has 0 N–H and O–H groups in total. The third kappa shape index (κ3) is 4.55. The Morgan fingerprint density at radius 2 is 1.57 bits per heavy atom. The molecule has 21 heavy (non-hydrogen) atoms. The van der Waals surface area contributed by atoms with Gasteiger partial charge in [0, 0.05) is 5.56 Å². The monoisotopic (exact) mass is 290 g/mol. The van der Waals surface area contributed by atoms with Crippen molar-refractivity contribution in [1.29, 1.82) is 0 Å². The average Bonchev–Trinajstić information content (AvgIpc) is 2.47. The fraction of sp³-hybridized carbons (Fsp3) is 0.333. The second-order valence-corrected chi connectivity index (χ2v) is 5.60. The molecule has 0 aliphatic carbocycles. The van der Waals surface area contributed by atoms with E-state index in [1.54, 1.807) is 30.3 Å². The van der Waals surface area contributed by atoms with Gasteiger partial charge in [-0.2, -0.15) is 8.78 Å². The highest BCUT2D eigenvalue weighted by atomic mass is 19.3. The second-order valence-electron chi connectivity index (χ2n) is 5.60. The third-order valence-electron chi connectivity index (χ3n) is 3.18. The molecule has 2 rings (SSSR count). The maximum absolute atomic E-state index is 14.0. The van der Waals surface area contributed by atoms with Crippen LogP contribution in [0.15, 0.2) is 54.6 Å². The van der Waals surface area contributed by atoms with Crippen molar-refractivity contribution < 1.29 is 13.5 Å². The zero-order valence-electron chi connectivity index (χ0n) is 12.4. The molecule has 0 saturated carbocycles. The molecule has 2 aromatic carbocycles. The minimum atomic E-state index is -2.99. The van der Waals surface area contributed by atoms with Gasteiger partial charge in [-0.05, 0) is 30.0 Å². The standard InChI is InChI=1S/C18H20F2O/c1-14(2)12-15-8-10-17(11-9-15)21-13-18(19,20)16-6-4-3-5-7-16/h3-11,14H,12-13H2,1-2H3. The Hall–Kier alpha value is -1.90. The van der Waals surface area contributed by atoms with Crippen molar-refractivity contribution in [2.24, 2.45) is 5.92 Å². The van der Waals surface area contributed by atoms with Crippen LogP contribution in [0.25, 0.3) is 0 Å². The minimum Gasteiger partial charge on any atom is -0.487 e. The van der Waals surface area contributed by atoms with E-state index >= 15 is 0 Å². The Morgan fingerprint density at radius 3 is 2.14 bits per heavy atom. The molecule has 0 fully saturated rings.